The highest BCUT2D eigenvalue weighted by Gasteiger charge is 2.24. The standard InChI is InChI=1S/C12H19FN2O3S/c1-8(2)11(5-6-16)15-19(17,18)12-7-9(13)3-4-10(12)14/h3-4,7-8,11,15-16H,5-6,14H2,1-2H3. The van der Waals surface area contributed by atoms with Crippen molar-refractivity contribution in [2.75, 3.05) is 12.3 Å². The zero-order chi connectivity index (χ0) is 14.6. The minimum absolute atomic E-state index is 0.00305. The summed E-state index contributed by atoms with van der Waals surface area (Å²) >= 11 is 0. The van der Waals surface area contributed by atoms with E-state index in [-0.39, 0.29) is 29.5 Å². The number of nitrogens with two attached hydrogens (primary N) is 1. The first-order chi connectivity index (χ1) is 8.77. The van der Waals surface area contributed by atoms with E-state index in [1.54, 1.807) is 0 Å². The van der Waals surface area contributed by atoms with Gasteiger partial charge in [-0.25, -0.2) is 17.5 Å². The highest BCUT2D eigenvalue weighted by molar-refractivity contribution is 7.89. The van der Waals surface area contributed by atoms with Crippen LogP contribution in [0.25, 0.3) is 0 Å². The second-order valence-corrected chi connectivity index (χ2v) is 6.35. The van der Waals surface area contributed by atoms with Crippen molar-refractivity contribution in [2.24, 2.45) is 5.92 Å². The maximum atomic E-state index is 13.1. The summed E-state index contributed by atoms with van der Waals surface area (Å²) in [6.45, 7) is 3.53. The molecular formula is C12H19FN2O3S. The van der Waals surface area contributed by atoms with Gasteiger partial charge >= 0.3 is 0 Å². The molecule has 0 aliphatic heterocycles. The zero-order valence-corrected chi connectivity index (χ0v) is 11.7. The van der Waals surface area contributed by atoms with Gasteiger partial charge < -0.3 is 10.8 Å². The van der Waals surface area contributed by atoms with Gasteiger partial charge in [0.05, 0.1) is 5.69 Å². The first-order valence-corrected chi connectivity index (χ1v) is 7.44. The molecule has 0 saturated carbocycles. The van der Waals surface area contributed by atoms with Crippen LogP contribution in [-0.4, -0.2) is 26.2 Å². The summed E-state index contributed by atoms with van der Waals surface area (Å²) in [6, 6.07) is 2.76. The van der Waals surface area contributed by atoms with Gasteiger partial charge in [0.2, 0.25) is 10.0 Å². The monoisotopic (exact) mass is 290 g/mol. The van der Waals surface area contributed by atoms with Crippen LogP contribution in [0.5, 0.6) is 0 Å². The molecule has 108 valence electrons. The topological polar surface area (TPSA) is 92.4 Å². The Hall–Kier alpha value is -1.18. The molecule has 0 aliphatic rings. The molecule has 0 radical (unpaired) electrons. The maximum Gasteiger partial charge on any atom is 0.242 e. The molecule has 4 N–H and O–H groups in total. The average molecular weight is 290 g/mol. The lowest BCUT2D eigenvalue weighted by Crippen LogP contribution is -2.39. The van der Waals surface area contributed by atoms with Gasteiger partial charge in [-0.1, -0.05) is 13.8 Å². The van der Waals surface area contributed by atoms with Crippen molar-refractivity contribution in [1.29, 1.82) is 0 Å². The molecule has 0 saturated heterocycles. The molecule has 1 unspecified atom stereocenters. The Labute approximate surface area is 112 Å². The van der Waals surface area contributed by atoms with E-state index in [2.05, 4.69) is 4.72 Å². The highest BCUT2D eigenvalue weighted by atomic mass is 32.2. The molecule has 0 spiro atoms. The number of nitrogens with one attached hydrogen (secondary N) is 1. The van der Waals surface area contributed by atoms with E-state index < -0.39 is 21.9 Å². The SMILES string of the molecule is CC(C)C(CCO)NS(=O)(=O)c1cc(F)ccc1N. The molecule has 19 heavy (non-hydrogen) atoms. The van der Waals surface area contributed by atoms with Crippen molar-refractivity contribution in [3.8, 4) is 0 Å². The molecule has 0 heterocycles. The van der Waals surface area contributed by atoms with Crippen LogP contribution in [0.15, 0.2) is 23.1 Å². The van der Waals surface area contributed by atoms with Crippen molar-refractivity contribution in [3.63, 3.8) is 0 Å². The van der Waals surface area contributed by atoms with Crippen molar-refractivity contribution < 1.29 is 17.9 Å². The van der Waals surface area contributed by atoms with Crippen LogP contribution in [0.2, 0.25) is 0 Å². The highest BCUT2D eigenvalue weighted by Crippen LogP contribution is 2.20. The van der Waals surface area contributed by atoms with E-state index in [0.29, 0.717) is 0 Å². The van der Waals surface area contributed by atoms with Gasteiger partial charge in [-0.3, -0.25) is 0 Å². The number of benzene rings is 1. The Kier molecular flexibility index (Phi) is 5.28. The van der Waals surface area contributed by atoms with Crippen LogP contribution >= 0.6 is 0 Å². The second kappa shape index (κ2) is 6.31. The molecule has 1 aromatic rings. The summed E-state index contributed by atoms with van der Waals surface area (Å²) in [7, 11) is -3.91. The third-order valence-electron chi connectivity index (χ3n) is 2.82. The molecule has 0 bridgehead atoms. The molecule has 1 atom stereocenters. The number of anilines is 1. The van der Waals surface area contributed by atoms with Gasteiger partial charge in [-0.05, 0) is 30.5 Å². The fourth-order valence-electron chi connectivity index (χ4n) is 1.67. The smallest absolute Gasteiger partial charge is 0.242 e. The largest absolute Gasteiger partial charge is 0.398 e. The van der Waals surface area contributed by atoms with Crippen LogP contribution in [0.3, 0.4) is 0 Å². The number of hydrogen-bond donors (Lipinski definition) is 3. The maximum absolute atomic E-state index is 13.1. The van der Waals surface area contributed by atoms with Crippen LogP contribution in [0, 0.1) is 11.7 Å². The predicted molar refractivity (Wildman–Crippen MR) is 71.5 cm³/mol. The third-order valence-corrected chi connectivity index (χ3v) is 4.36. The fourth-order valence-corrected chi connectivity index (χ4v) is 3.23. The normalized spacial score (nSPS) is 13.7. The van der Waals surface area contributed by atoms with Crippen LogP contribution in [0.4, 0.5) is 10.1 Å². The fraction of sp³-hybridized carbons (Fsp3) is 0.500. The van der Waals surface area contributed by atoms with E-state index in [4.69, 9.17) is 10.8 Å². The molecule has 0 fully saturated rings. The minimum Gasteiger partial charge on any atom is -0.398 e. The van der Waals surface area contributed by atoms with Crippen molar-refractivity contribution >= 4 is 15.7 Å². The molecular weight excluding hydrogens is 271 g/mol. The van der Waals surface area contributed by atoms with Gasteiger partial charge in [0.1, 0.15) is 10.7 Å². The first-order valence-electron chi connectivity index (χ1n) is 5.96. The second-order valence-electron chi connectivity index (χ2n) is 4.67. The molecule has 1 rings (SSSR count). The van der Waals surface area contributed by atoms with E-state index in [0.717, 1.165) is 12.1 Å². The number of aliphatic hydroxyl groups is 1. The Balaban J connectivity index is 3.06. The van der Waals surface area contributed by atoms with Gasteiger partial charge in [-0.2, -0.15) is 0 Å². The number of aliphatic hydroxyl groups excluding tert-OH is 1. The lowest BCUT2D eigenvalue weighted by Gasteiger charge is -2.21. The van der Waals surface area contributed by atoms with Gasteiger partial charge in [0.25, 0.3) is 0 Å². The molecule has 0 aromatic heterocycles. The first kappa shape index (κ1) is 15.9. The number of hydrogen-bond acceptors (Lipinski definition) is 4. The quantitative estimate of drug-likeness (QED) is 0.684. The number of nitrogen functional groups attached to an aromatic ring is 1. The number of halogens is 1. The summed E-state index contributed by atoms with van der Waals surface area (Å²) in [6.07, 6.45) is 0.284. The lowest BCUT2D eigenvalue weighted by molar-refractivity contribution is 0.256. The third kappa shape index (κ3) is 4.15. The summed E-state index contributed by atoms with van der Waals surface area (Å²) in [5.74, 6) is -0.672. The predicted octanol–water partition coefficient (Wildman–Crippen LogP) is 1.09. The Morgan fingerprint density at radius 2 is 2.05 bits per heavy atom. The van der Waals surface area contributed by atoms with Crippen molar-refractivity contribution in [1.82, 2.24) is 4.72 Å². The van der Waals surface area contributed by atoms with E-state index in [1.807, 2.05) is 13.8 Å². The summed E-state index contributed by atoms with van der Waals surface area (Å²) in [5.41, 5.74) is 5.55. The summed E-state index contributed by atoms with van der Waals surface area (Å²) < 4.78 is 39.9. The Bertz CT molecular complexity index is 532. The number of rotatable bonds is 6. The van der Waals surface area contributed by atoms with Gasteiger partial charge in [-0.15, -0.1) is 0 Å². The molecule has 5 nitrogen and oxygen atoms in total. The number of sulfonamides is 1. The van der Waals surface area contributed by atoms with E-state index >= 15 is 0 Å². The lowest BCUT2D eigenvalue weighted by atomic mass is 10.0. The molecule has 0 aliphatic carbocycles. The molecule has 1 aromatic carbocycles. The molecule has 0 amide bonds. The Morgan fingerprint density at radius 1 is 1.42 bits per heavy atom. The van der Waals surface area contributed by atoms with Crippen LogP contribution < -0.4 is 10.5 Å². The van der Waals surface area contributed by atoms with Crippen molar-refractivity contribution in [2.45, 2.75) is 31.2 Å². The minimum atomic E-state index is -3.91. The van der Waals surface area contributed by atoms with Crippen LogP contribution in [0.1, 0.15) is 20.3 Å². The zero-order valence-electron chi connectivity index (χ0n) is 10.9. The van der Waals surface area contributed by atoms with E-state index in [9.17, 15) is 12.8 Å². The van der Waals surface area contributed by atoms with Gasteiger partial charge in [0, 0.05) is 12.6 Å². The van der Waals surface area contributed by atoms with E-state index in [1.165, 1.54) is 6.07 Å². The van der Waals surface area contributed by atoms with Crippen molar-refractivity contribution in [3.05, 3.63) is 24.0 Å². The molecule has 7 heteroatoms. The summed E-state index contributed by atoms with van der Waals surface area (Å²) in [4.78, 5) is -0.281. The van der Waals surface area contributed by atoms with Crippen LogP contribution in [-0.2, 0) is 10.0 Å². The Morgan fingerprint density at radius 3 is 2.58 bits per heavy atom. The average Bonchev–Trinajstić information content (AvgIpc) is 2.31. The summed E-state index contributed by atoms with van der Waals surface area (Å²) in [5, 5.41) is 8.93. The van der Waals surface area contributed by atoms with Gasteiger partial charge in [0.15, 0.2) is 0 Å².